The van der Waals surface area contributed by atoms with Crippen LogP contribution in [-0.2, 0) is 0 Å². The van der Waals surface area contributed by atoms with E-state index in [1.165, 1.54) is 21.5 Å². The van der Waals surface area contributed by atoms with Crippen LogP contribution in [0.25, 0.3) is 21.5 Å². The molecule has 92 valence electrons. The van der Waals surface area contributed by atoms with Gasteiger partial charge in [-0.25, -0.2) is 0 Å². The van der Waals surface area contributed by atoms with E-state index in [0.29, 0.717) is 0 Å². The lowest BCUT2D eigenvalue weighted by atomic mass is 10.0. The molecule has 0 unspecified atom stereocenters. The zero-order chi connectivity index (χ0) is 12.9. The van der Waals surface area contributed by atoms with Crippen molar-refractivity contribution in [1.82, 2.24) is 4.98 Å². The third kappa shape index (κ3) is 2.66. The average molecular weight is 245 g/mol. The van der Waals surface area contributed by atoms with Crippen molar-refractivity contribution in [3.05, 3.63) is 85.2 Å². The van der Waals surface area contributed by atoms with Crippen LogP contribution in [0.1, 0.15) is 0 Å². The van der Waals surface area contributed by atoms with Gasteiger partial charge in [0.15, 0.2) is 0 Å². The van der Waals surface area contributed by atoms with E-state index in [0.717, 1.165) is 0 Å². The molecule has 1 heteroatoms. The molecule has 4 aromatic rings. The largest absolute Gasteiger partial charge is 0.368 e. The fourth-order valence-corrected chi connectivity index (χ4v) is 2.16. The van der Waals surface area contributed by atoms with E-state index in [1.54, 1.807) is 0 Å². The summed E-state index contributed by atoms with van der Waals surface area (Å²) >= 11 is 0. The Morgan fingerprint density at radius 2 is 0.842 bits per heavy atom. The molecule has 0 amide bonds. The summed E-state index contributed by atoms with van der Waals surface area (Å²) in [7, 11) is 0. The molecule has 1 N–H and O–H groups in total. The van der Waals surface area contributed by atoms with Gasteiger partial charge in [0.25, 0.3) is 0 Å². The molecule has 0 fully saturated rings. The van der Waals surface area contributed by atoms with Crippen molar-refractivity contribution in [2.24, 2.45) is 0 Å². The van der Waals surface area contributed by atoms with Gasteiger partial charge in [0.1, 0.15) is 0 Å². The Morgan fingerprint density at radius 1 is 0.474 bits per heavy atom. The standard InChI is InChI=1S/C14H10.C4H5N/c1-2-6-12-10-14-8-4-3-7-13(14)9-11(12)5-1;1-2-4-5-3-1/h1-10H;1-5H. The summed E-state index contributed by atoms with van der Waals surface area (Å²) in [5.41, 5.74) is 0. The second kappa shape index (κ2) is 5.40. The first kappa shape index (κ1) is 11.5. The van der Waals surface area contributed by atoms with Crippen molar-refractivity contribution in [3.8, 4) is 0 Å². The van der Waals surface area contributed by atoms with Crippen molar-refractivity contribution in [3.63, 3.8) is 0 Å². The number of H-pyrrole nitrogens is 1. The maximum absolute atomic E-state index is 2.86. The summed E-state index contributed by atoms with van der Waals surface area (Å²) < 4.78 is 0. The van der Waals surface area contributed by atoms with E-state index < -0.39 is 0 Å². The summed E-state index contributed by atoms with van der Waals surface area (Å²) in [5.74, 6) is 0. The number of hydrogen-bond acceptors (Lipinski definition) is 0. The van der Waals surface area contributed by atoms with Crippen LogP contribution in [0, 0.1) is 0 Å². The minimum atomic E-state index is 1.31. The van der Waals surface area contributed by atoms with E-state index in [4.69, 9.17) is 0 Å². The molecule has 19 heavy (non-hydrogen) atoms. The normalized spacial score (nSPS) is 10.1. The van der Waals surface area contributed by atoms with Crippen LogP contribution in [0.4, 0.5) is 0 Å². The topological polar surface area (TPSA) is 15.8 Å². The number of hydrogen-bond donors (Lipinski definition) is 1. The fourth-order valence-electron chi connectivity index (χ4n) is 2.16. The molecule has 1 nitrogen and oxygen atoms in total. The van der Waals surface area contributed by atoms with Crippen LogP contribution in [0.5, 0.6) is 0 Å². The van der Waals surface area contributed by atoms with Crippen LogP contribution in [0.2, 0.25) is 0 Å². The molecule has 0 radical (unpaired) electrons. The molecule has 1 aromatic heterocycles. The van der Waals surface area contributed by atoms with Gasteiger partial charge >= 0.3 is 0 Å². The number of fused-ring (bicyclic) bond motifs is 2. The van der Waals surface area contributed by atoms with E-state index in [2.05, 4.69) is 65.6 Å². The van der Waals surface area contributed by atoms with Crippen molar-refractivity contribution < 1.29 is 0 Å². The highest BCUT2D eigenvalue weighted by Crippen LogP contribution is 2.21. The molecule has 0 aliphatic carbocycles. The fraction of sp³-hybridized carbons (Fsp3) is 0. The predicted octanol–water partition coefficient (Wildman–Crippen LogP) is 5.01. The lowest BCUT2D eigenvalue weighted by Crippen LogP contribution is -1.74. The second-order valence-corrected chi connectivity index (χ2v) is 4.43. The predicted molar refractivity (Wildman–Crippen MR) is 82.2 cm³/mol. The SMILES string of the molecule is c1cc[nH]c1.c1ccc2cc3ccccc3cc2c1. The number of benzene rings is 3. The second-order valence-electron chi connectivity index (χ2n) is 4.43. The Morgan fingerprint density at radius 3 is 1.11 bits per heavy atom. The van der Waals surface area contributed by atoms with Gasteiger partial charge in [-0.3, -0.25) is 0 Å². The highest BCUT2D eigenvalue weighted by molar-refractivity contribution is 5.98. The van der Waals surface area contributed by atoms with Gasteiger partial charge in [-0.2, -0.15) is 0 Å². The minimum absolute atomic E-state index is 1.31. The third-order valence-corrected chi connectivity index (χ3v) is 3.11. The van der Waals surface area contributed by atoms with Gasteiger partial charge in [0, 0.05) is 12.4 Å². The molecular weight excluding hydrogens is 230 g/mol. The maximum atomic E-state index is 2.86. The first-order valence-corrected chi connectivity index (χ1v) is 6.39. The summed E-state index contributed by atoms with van der Waals surface area (Å²) in [4.78, 5) is 2.86. The molecule has 0 bridgehead atoms. The summed E-state index contributed by atoms with van der Waals surface area (Å²) in [5, 5.41) is 5.25. The van der Waals surface area contributed by atoms with Gasteiger partial charge < -0.3 is 4.98 Å². The molecular formula is C18H15N. The molecule has 0 aliphatic heterocycles. The molecule has 0 aliphatic rings. The lowest BCUT2D eigenvalue weighted by Gasteiger charge is -2.00. The Kier molecular flexibility index (Phi) is 3.28. The third-order valence-electron chi connectivity index (χ3n) is 3.11. The molecule has 4 rings (SSSR count). The Hall–Kier alpha value is -2.54. The number of aromatic amines is 1. The van der Waals surface area contributed by atoms with Crippen molar-refractivity contribution in [1.29, 1.82) is 0 Å². The Labute approximate surface area is 112 Å². The van der Waals surface area contributed by atoms with E-state index in [1.807, 2.05) is 24.5 Å². The molecule has 0 atom stereocenters. The molecule has 1 heterocycles. The first-order valence-electron chi connectivity index (χ1n) is 6.39. The number of nitrogens with one attached hydrogen (secondary N) is 1. The average Bonchev–Trinajstić information content (AvgIpc) is 3.04. The van der Waals surface area contributed by atoms with Gasteiger partial charge in [0.2, 0.25) is 0 Å². The number of aromatic nitrogens is 1. The monoisotopic (exact) mass is 245 g/mol. The summed E-state index contributed by atoms with van der Waals surface area (Å²) in [6.45, 7) is 0. The van der Waals surface area contributed by atoms with Crippen molar-refractivity contribution in [2.45, 2.75) is 0 Å². The smallest absolute Gasteiger partial charge is 0.000496 e. The molecule has 0 saturated carbocycles. The Balaban J connectivity index is 0.000000187. The zero-order valence-corrected chi connectivity index (χ0v) is 10.6. The van der Waals surface area contributed by atoms with Gasteiger partial charge in [-0.15, -0.1) is 0 Å². The van der Waals surface area contributed by atoms with E-state index in [9.17, 15) is 0 Å². The summed E-state index contributed by atoms with van der Waals surface area (Å²) in [6.07, 6.45) is 3.75. The van der Waals surface area contributed by atoms with Crippen molar-refractivity contribution in [2.75, 3.05) is 0 Å². The Bertz CT molecular complexity index is 648. The van der Waals surface area contributed by atoms with E-state index in [-0.39, 0.29) is 0 Å². The number of rotatable bonds is 0. The zero-order valence-electron chi connectivity index (χ0n) is 10.6. The van der Waals surface area contributed by atoms with Gasteiger partial charge in [-0.05, 0) is 45.8 Å². The summed E-state index contributed by atoms with van der Waals surface area (Å²) in [6, 6.07) is 25.3. The lowest BCUT2D eigenvalue weighted by molar-refractivity contribution is 1.42. The van der Waals surface area contributed by atoms with Crippen LogP contribution in [-0.4, -0.2) is 4.98 Å². The molecule has 3 aromatic carbocycles. The maximum Gasteiger partial charge on any atom is 0.000496 e. The minimum Gasteiger partial charge on any atom is -0.368 e. The quantitative estimate of drug-likeness (QED) is 0.419. The molecule has 0 saturated heterocycles. The van der Waals surface area contributed by atoms with Crippen LogP contribution >= 0.6 is 0 Å². The first-order chi connectivity index (χ1) is 9.43. The van der Waals surface area contributed by atoms with Crippen LogP contribution < -0.4 is 0 Å². The van der Waals surface area contributed by atoms with Crippen LogP contribution in [0.3, 0.4) is 0 Å². The van der Waals surface area contributed by atoms with Crippen molar-refractivity contribution >= 4 is 21.5 Å². The van der Waals surface area contributed by atoms with Crippen LogP contribution in [0.15, 0.2) is 85.2 Å². The van der Waals surface area contributed by atoms with E-state index >= 15 is 0 Å². The van der Waals surface area contributed by atoms with Gasteiger partial charge in [-0.1, -0.05) is 48.5 Å². The molecule has 0 spiro atoms. The van der Waals surface area contributed by atoms with Gasteiger partial charge in [0.05, 0.1) is 0 Å². The highest BCUT2D eigenvalue weighted by Gasteiger charge is 1.95. The highest BCUT2D eigenvalue weighted by atomic mass is 14.6.